The van der Waals surface area contributed by atoms with E-state index in [1.807, 2.05) is 35.8 Å². The first kappa shape index (κ1) is 13.5. The number of pyridine rings is 1. The zero-order valence-electron chi connectivity index (χ0n) is 12.7. The van der Waals surface area contributed by atoms with Crippen molar-refractivity contribution in [2.75, 3.05) is 6.61 Å². The molecule has 5 nitrogen and oxygen atoms in total. The van der Waals surface area contributed by atoms with E-state index in [1.54, 1.807) is 6.20 Å². The second-order valence-electron chi connectivity index (χ2n) is 5.79. The summed E-state index contributed by atoms with van der Waals surface area (Å²) in [6, 6.07) is 7.83. The third-order valence-corrected chi connectivity index (χ3v) is 4.12. The summed E-state index contributed by atoms with van der Waals surface area (Å²) in [5.41, 5.74) is 1.73. The first-order chi connectivity index (χ1) is 10.8. The number of hydrogen-bond donors (Lipinski definition) is 0. The van der Waals surface area contributed by atoms with Crippen molar-refractivity contribution in [2.24, 2.45) is 0 Å². The molecule has 4 rings (SSSR count). The van der Waals surface area contributed by atoms with Gasteiger partial charge in [0.15, 0.2) is 5.65 Å². The molecular formula is C17H19N3O2. The number of fused-ring (bicyclic) bond motifs is 1. The van der Waals surface area contributed by atoms with Gasteiger partial charge in [0.1, 0.15) is 17.1 Å². The topological polar surface area (TPSA) is 53.1 Å². The Hall–Kier alpha value is -2.14. The van der Waals surface area contributed by atoms with Crippen molar-refractivity contribution in [3.63, 3.8) is 0 Å². The summed E-state index contributed by atoms with van der Waals surface area (Å²) in [5, 5.41) is 0. The fraction of sp³-hybridized carbons (Fsp3) is 0.412. The number of rotatable bonds is 3. The molecule has 1 aliphatic heterocycles. The first-order valence-corrected chi connectivity index (χ1v) is 7.82. The maximum Gasteiger partial charge on any atom is 0.206 e. The molecule has 1 unspecified atom stereocenters. The van der Waals surface area contributed by atoms with Gasteiger partial charge in [-0.3, -0.25) is 0 Å². The van der Waals surface area contributed by atoms with Crippen LogP contribution in [-0.4, -0.2) is 27.2 Å². The summed E-state index contributed by atoms with van der Waals surface area (Å²) in [4.78, 5) is 9.23. The number of furan rings is 1. The van der Waals surface area contributed by atoms with Crippen LogP contribution >= 0.6 is 0 Å². The summed E-state index contributed by atoms with van der Waals surface area (Å²) >= 11 is 0. The molecule has 0 aromatic carbocycles. The van der Waals surface area contributed by atoms with Gasteiger partial charge in [-0.05, 0) is 44.4 Å². The van der Waals surface area contributed by atoms with Gasteiger partial charge < -0.3 is 9.15 Å². The molecule has 0 radical (unpaired) electrons. The van der Waals surface area contributed by atoms with Crippen LogP contribution in [0.5, 0.6) is 0 Å². The molecule has 1 aliphatic rings. The molecule has 5 heteroatoms. The molecule has 3 aromatic heterocycles. The van der Waals surface area contributed by atoms with Crippen molar-refractivity contribution in [3.05, 3.63) is 42.0 Å². The molecule has 0 bridgehead atoms. The molecule has 1 saturated heterocycles. The van der Waals surface area contributed by atoms with Crippen molar-refractivity contribution in [1.82, 2.24) is 14.5 Å². The quantitative estimate of drug-likeness (QED) is 0.743. The zero-order chi connectivity index (χ0) is 14.9. The second-order valence-corrected chi connectivity index (χ2v) is 5.79. The van der Waals surface area contributed by atoms with Gasteiger partial charge in [0.2, 0.25) is 5.88 Å². The van der Waals surface area contributed by atoms with Crippen molar-refractivity contribution >= 4 is 11.2 Å². The maximum absolute atomic E-state index is 5.87. The van der Waals surface area contributed by atoms with Crippen molar-refractivity contribution in [1.29, 1.82) is 0 Å². The van der Waals surface area contributed by atoms with Crippen LogP contribution in [0.4, 0.5) is 0 Å². The first-order valence-electron chi connectivity index (χ1n) is 7.82. The number of aromatic nitrogens is 3. The Balaban J connectivity index is 1.79. The molecule has 114 valence electrons. The molecule has 0 spiro atoms. The highest BCUT2D eigenvalue weighted by molar-refractivity contribution is 5.73. The molecule has 0 saturated carbocycles. The van der Waals surface area contributed by atoms with Gasteiger partial charge in [-0.2, -0.15) is 0 Å². The Morgan fingerprint density at radius 3 is 3.00 bits per heavy atom. The van der Waals surface area contributed by atoms with Gasteiger partial charge in [-0.25, -0.2) is 14.5 Å². The molecule has 1 fully saturated rings. The van der Waals surface area contributed by atoms with Crippen molar-refractivity contribution < 1.29 is 9.15 Å². The second kappa shape index (κ2) is 5.57. The lowest BCUT2D eigenvalue weighted by atomic mass is 10.1. The standard InChI is InChI=1S/C17H19N3O2/c1-12-7-8-16(22-12)20-15(11-13-5-2-3-10-21-13)19-14-6-4-9-18-17(14)20/h4,6-9,13H,2-3,5,10-11H2,1H3. The number of nitrogens with zero attached hydrogens (tertiary/aromatic N) is 3. The summed E-state index contributed by atoms with van der Waals surface area (Å²) in [6.45, 7) is 2.79. The summed E-state index contributed by atoms with van der Waals surface area (Å²) in [7, 11) is 0. The number of aryl methyl sites for hydroxylation is 1. The van der Waals surface area contributed by atoms with E-state index in [2.05, 4.69) is 4.98 Å². The van der Waals surface area contributed by atoms with Gasteiger partial charge in [-0.15, -0.1) is 0 Å². The highest BCUT2D eigenvalue weighted by Crippen LogP contribution is 2.24. The van der Waals surface area contributed by atoms with Gasteiger partial charge in [0, 0.05) is 25.3 Å². The van der Waals surface area contributed by atoms with Crippen molar-refractivity contribution in [2.45, 2.75) is 38.7 Å². The monoisotopic (exact) mass is 297 g/mol. The van der Waals surface area contributed by atoms with Gasteiger partial charge >= 0.3 is 0 Å². The minimum absolute atomic E-state index is 0.236. The van der Waals surface area contributed by atoms with Crippen LogP contribution < -0.4 is 0 Å². The molecule has 0 aliphatic carbocycles. The van der Waals surface area contributed by atoms with E-state index in [0.717, 1.165) is 54.5 Å². The zero-order valence-corrected chi connectivity index (χ0v) is 12.7. The van der Waals surface area contributed by atoms with Crippen LogP contribution in [0.25, 0.3) is 17.0 Å². The highest BCUT2D eigenvalue weighted by atomic mass is 16.5. The van der Waals surface area contributed by atoms with Gasteiger partial charge in [0.05, 0.1) is 6.10 Å². The summed E-state index contributed by atoms with van der Waals surface area (Å²) in [6.07, 6.45) is 6.29. The third kappa shape index (κ3) is 2.41. The largest absolute Gasteiger partial charge is 0.445 e. The lowest BCUT2D eigenvalue weighted by Crippen LogP contribution is -2.23. The minimum Gasteiger partial charge on any atom is -0.445 e. The molecule has 0 amide bonds. The predicted molar refractivity (Wildman–Crippen MR) is 83.2 cm³/mol. The molecule has 0 N–H and O–H groups in total. The SMILES string of the molecule is Cc1ccc(-n2c(CC3CCCCO3)nc3cccnc32)o1. The minimum atomic E-state index is 0.236. The Labute approximate surface area is 128 Å². The maximum atomic E-state index is 5.87. The Kier molecular flexibility index (Phi) is 3.42. The van der Waals surface area contributed by atoms with Crippen LogP contribution in [0.2, 0.25) is 0 Å². The molecule has 1 atom stereocenters. The average Bonchev–Trinajstić information content (AvgIpc) is 3.11. The Morgan fingerprint density at radius 1 is 1.27 bits per heavy atom. The van der Waals surface area contributed by atoms with Crippen LogP contribution in [0.15, 0.2) is 34.9 Å². The Morgan fingerprint density at radius 2 is 2.23 bits per heavy atom. The van der Waals surface area contributed by atoms with E-state index in [1.165, 1.54) is 6.42 Å². The fourth-order valence-electron chi connectivity index (χ4n) is 3.04. The van der Waals surface area contributed by atoms with Crippen LogP contribution in [-0.2, 0) is 11.2 Å². The van der Waals surface area contributed by atoms with E-state index in [9.17, 15) is 0 Å². The normalized spacial score (nSPS) is 18.9. The Bertz CT molecular complexity index is 784. The van der Waals surface area contributed by atoms with E-state index in [-0.39, 0.29) is 6.10 Å². The number of imidazole rings is 1. The highest BCUT2D eigenvalue weighted by Gasteiger charge is 2.21. The van der Waals surface area contributed by atoms with Gasteiger partial charge in [0.25, 0.3) is 0 Å². The lowest BCUT2D eigenvalue weighted by molar-refractivity contribution is 0.0154. The third-order valence-electron chi connectivity index (χ3n) is 4.12. The summed E-state index contributed by atoms with van der Waals surface area (Å²) < 4.78 is 13.7. The van der Waals surface area contributed by atoms with Gasteiger partial charge in [-0.1, -0.05) is 0 Å². The fourth-order valence-corrected chi connectivity index (χ4v) is 3.04. The van der Waals surface area contributed by atoms with E-state index < -0.39 is 0 Å². The van der Waals surface area contributed by atoms with Crippen LogP contribution in [0.1, 0.15) is 30.8 Å². The van der Waals surface area contributed by atoms with Crippen LogP contribution in [0.3, 0.4) is 0 Å². The van der Waals surface area contributed by atoms with Crippen molar-refractivity contribution in [3.8, 4) is 5.88 Å². The van der Waals surface area contributed by atoms with E-state index >= 15 is 0 Å². The summed E-state index contributed by atoms with van der Waals surface area (Å²) in [5.74, 6) is 2.60. The molecule has 3 aromatic rings. The molecule has 4 heterocycles. The van der Waals surface area contributed by atoms with E-state index in [0.29, 0.717) is 0 Å². The van der Waals surface area contributed by atoms with Crippen LogP contribution in [0, 0.1) is 6.92 Å². The molecule has 22 heavy (non-hydrogen) atoms. The van der Waals surface area contributed by atoms with E-state index in [4.69, 9.17) is 14.1 Å². The smallest absolute Gasteiger partial charge is 0.206 e. The lowest BCUT2D eigenvalue weighted by Gasteiger charge is -2.22. The molecular weight excluding hydrogens is 278 g/mol. The number of hydrogen-bond acceptors (Lipinski definition) is 4. The average molecular weight is 297 g/mol. The number of ether oxygens (including phenoxy) is 1. The predicted octanol–water partition coefficient (Wildman–Crippen LogP) is 3.43.